The van der Waals surface area contributed by atoms with Crippen molar-refractivity contribution in [2.75, 3.05) is 39.4 Å². The summed E-state index contributed by atoms with van der Waals surface area (Å²) < 4.78 is 1.11. The van der Waals surface area contributed by atoms with Crippen LogP contribution < -0.4 is 5.73 Å². The fourth-order valence-electron chi connectivity index (χ4n) is 4.03. The van der Waals surface area contributed by atoms with Crippen LogP contribution in [0.25, 0.3) is 0 Å². The standard InChI is InChI=1S/C12H16N3O4.C6H10N2O2.CH3BIP.2CH5BIP.4CH4/c16-9-1-2-10(17)13(6-5-9)14-7-8-15(14)11(18)3-4-12(15)19;7-3-4-8-5(9)1-2-6(8)10;1-4(2)3;2*1-2(3)4;;;;/h1-8H2;1-4,7H2;1H3;2*4H2,1H3;4*1H4/q+1;;;;;;;;. The minimum Gasteiger partial charge on any atom is -0.329 e. The van der Waals surface area contributed by atoms with Crippen LogP contribution in [0.15, 0.2) is 0 Å². The Hall–Kier alpha value is 1.17. The lowest BCUT2D eigenvalue weighted by Crippen LogP contribution is -2.79. The highest BCUT2D eigenvalue weighted by molar-refractivity contribution is 14.2. The SMILES string of the molecule is C.C.C.C.CB(P)I.CB(P)I.NCCN1C(=O)CCC1=O.O=C1CCC(=O)N(N2CC[N+]23C(=O)CCC3=O)CC1.[B]P(C)I. The molecule has 0 aromatic carbocycles. The molecule has 20 heteroatoms. The lowest BCUT2D eigenvalue weighted by atomic mass is 10.2. The van der Waals surface area contributed by atoms with Gasteiger partial charge in [0.05, 0.1) is 12.8 Å². The quantitative estimate of drug-likeness (QED) is 0.131. The molecule has 3 atom stereocenters. The van der Waals surface area contributed by atoms with E-state index in [1.807, 2.05) is 6.66 Å². The van der Waals surface area contributed by atoms with Crippen LogP contribution in [0.1, 0.15) is 74.7 Å². The summed E-state index contributed by atoms with van der Waals surface area (Å²) in [6, 6.07) is 0. The van der Waals surface area contributed by atoms with Gasteiger partial charge in [0.2, 0.25) is 26.3 Å². The number of rotatable bonds is 3. The van der Waals surface area contributed by atoms with Crippen LogP contribution in [0.4, 0.5) is 0 Å². The fourth-order valence-corrected chi connectivity index (χ4v) is 4.03. The molecule has 5 amide bonds. The highest BCUT2D eigenvalue weighted by atomic mass is 127. The minimum atomic E-state index is -0.333. The van der Waals surface area contributed by atoms with E-state index < -0.39 is 0 Å². The zero-order valence-corrected chi connectivity index (χ0v) is 33.4. The summed E-state index contributed by atoms with van der Waals surface area (Å²) in [4.78, 5) is 70.3. The van der Waals surface area contributed by atoms with Crippen molar-refractivity contribution in [3.63, 3.8) is 0 Å². The molecular formula is C25H55B3I3N5O6P3+. The highest BCUT2D eigenvalue weighted by Gasteiger charge is 2.63. The molecule has 0 saturated carbocycles. The number of likely N-dealkylation sites (tertiary alicyclic amines) is 1. The van der Waals surface area contributed by atoms with Gasteiger partial charge in [-0.15, -0.1) is 44.7 Å². The van der Waals surface area contributed by atoms with Crippen LogP contribution in [0.3, 0.4) is 0 Å². The van der Waals surface area contributed by atoms with Gasteiger partial charge in [0.15, 0.2) is 0 Å². The number of hydrazine groups is 1. The molecule has 2 N–H and O–H groups in total. The second-order valence-corrected chi connectivity index (χ2v) is 23.5. The first-order valence-electron chi connectivity index (χ1n) is 13.0. The molecule has 260 valence electrons. The van der Waals surface area contributed by atoms with E-state index in [1.165, 1.54) is 9.91 Å². The molecule has 4 rings (SSSR count). The Labute approximate surface area is 320 Å². The van der Waals surface area contributed by atoms with Crippen molar-refractivity contribution in [1.29, 1.82) is 0 Å². The van der Waals surface area contributed by atoms with Gasteiger partial charge in [-0.3, -0.25) is 24.1 Å². The van der Waals surface area contributed by atoms with Gasteiger partial charge in [-0.1, -0.05) is 75.4 Å². The molecule has 0 bridgehead atoms. The molecule has 4 saturated heterocycles. The Morgan fingerprint density at radius 1 is 0.800 bits per heavy atom. The lowest BCUT2D eigenvalue weighted by molar-refractivity contribution is -0.967. The maximum absolute atomic E-state index is 12.0. The third kappa shape index (κ3) is 20.4. The monoisotopic (exact) mass is 1030 g/mol. The van der Waals surface area contributed by atoms with Crippen LogP contribution >= 0.6 is 90.5 Å². The van der Waals surface area contributed by atoms with E-state index in [0.29, 0.717) is 45.4 Å². The summed E-state index contributed by atoms with van der Waals surface area (Å²) in [5, 5.41) is 2.99. The summed E-state index contributed by atoms with van der Waals surface area (Å²) in [6.45, 7) is 8.19. The van der Waals surface area contributed by atoms with E-state index in [0.717, 1.165) is 8.58 Å². The molecule has 4 aliphatic heterocycles. The Morgan fingerprint density at radius 3 is 1.51 bits per heavy atom. The Kier molecular flexibility index (Phi) is 35.8. The third-order valence-electron chi connectivity index (χ3n) is 5.69. The summed E-state index contributed by atoms with van der Waals surface area (Å²) >= 11 is 6.80. The number of halogens is 3. The van der Waals surface area contributed by atoms with Gasteiger partial charge in [-0.05, 0) is 11.8 Å². The van der Waals surface area contributed by atoms with Gasteiger partial charge < -0.3 is 5.73 Å². The van der Waals surface area contributed by atoms with Crippen molar-refractivity contribution < 1.29 is 33.4 Å². The molecule has 2 radical (unpaired) electrons. The number of carbonyl (C=O) groups excluding carboxylic acids is 6. The van der Waals surface area contributed by atoms with Gasteiger partial charge in [-0.2, -0.15) is 18.2 Å². The first-order valence-corrected chi connectivity index (χ1v) is 21.5. The molecule has 45 heavy (non-hydrogen) atoms. The largest absolute Gasteiger partial charge is 0.342 e. The molecule has 0 aliphatic carbocycles. The van der Waals surface area contributed by atoms with Gasteiger partial charge in [0.1, 0.15) is 26.4 Å². The van der Waals surface area contributed by atoms with Crippen LogP contribution in [-0.4, -0.2) is 110 Å². The Balaban J connectivity index is -0.000000175. The van der Waals surface area contributed by atoms with Gasteiger partial charge in [0, 0.05) is 51.7 Å². The predicted octanol–water partition coefficient (Wildman–Crippen LogP) is 5.38. The van der Waals surface area contributed by atoms with Crippen molar-refractivity contribution in [1.82, 2.24) is 15.0 Å². The van der Waals surface area contributed by atoms with Gasteiger partial charge in [-0.25, -0.2) is 14.6 Å². The van der Waals surface area contributed by atoms with Crippen LogP contribution in [-0.2, 0) is 28.8 Å². The molecule has 4 heterocycles. The number of carbonyl (C=O) groups is 6. The maximum Gasteiger partial charge on any atom is 0.342 e. The first kappa shape index (κ1) is 55.6. The maximum atomic E-state index is 12.0. The van der Waals surface area contributed by atoms with Crippen LogP contribution in [0.2, 0.25) is 13.6 Å². The first-order chi connectivity index (χ1) is 19.0. The number of imide groups is 2. The number of quaternary nitrogens is 1. The smallest absolute Gasteiger partial charge is 0.329 e. The number of hydrogen-bond acceptors (Lipinski definition) is 8. The van der Waals surface area contributed by atoms with E-state index >= 15 is 0 Å². The number of ketones is 1. The van der Waals surface area contributed by atoms with E-state index in [2.05, 4.69) is 98.7 Å². The normalized spacial score (nSPS) is 18.5. The summed E-state index contributed by atoms with van der Waals surface area (Å²) in [5.74, 6) is -0.567. The molecule has 4 aliphatic rings. The average Bonchev–Trinajstić information content (AvgIpc) is 3.26. The van der Waals surface area contributed by atoms with Crippen LogP contribution in [0.5, 0.6) is 0 Å². The number of nitrogens with zero attached hydrogens (tertiary/aromatic N) is 4. The van der Waals surface area contributed by atoms with E-state index in [-0.39, 0.29) is 107 Å². The van der Waals surface area contributed by atoms with E-state index in [9.17, 15) is 28.8 Å². The highest BCUT2D eigenvalue weighted by Crippen LogP contribution is 2.34. The Morgan fingerprint density at radius 2 is 1.18 bits per heavy atom. The van der Waals surface area contributed by atoms with Crippen molar-refractivity contribution in [2.24, 2.45) is 5.73 Å². The zero-order valence-electron chi connectivity index (χ0n) is 23.8. The minimum absolute atomic E-state index is 0. The van der Waals surface area contributed by atoms with Gasteiger partial charge in [0.25, 0.3) is 0 Å². The predicted molar refractivity (Wildman–Crippen MR) is 227 cm³/mol. The fraction of sp³-hybridized carbons (Fsp3) is 0.760. The second kappa shape index (κ2) is 29.0. The number of hydrogen-bond donors (Lipinski definition) is 1. The van der Waals surface area contributed by atoms with E-state index in [4.69, 9.17) is 13.3 Å². The molecule has 1 spiro atoms. The second-order valence-electron chi connectivity index (χ2n) is 9.29. The molecule has 0 aromatic heterocycles. The molecular weight excluding hydrogens is 972 g/mol. The summed E-state index contributed by atoms with van der Waals surface area (Å²) in [6.07, 6.45) is 1.93. The molecule has 3 unspecified atom stereocenters. The number of Topliss-reactive ketones (excluding diaryl/α,β-unsaturated/α-hetero) is 1. The molecule has 11 nitrogen and oxygen atoms in total. The average molecular weight is 1030 g/mol. The van der Waals surface area contributed by atoms with E-state index in [1.54, 1.807) is 5.12 Å². The van der Waals surface area contributed by atoms with Crippen molar-refractivity contribution in [2.45, 2.75) is 88.3 Å². The topological polar surface area (TPSA) is 138 Å². The van der Waals surface area contributed by atoms with Crippen molar-refractivity contribution in [3.8, 4) is 0 Å². The van der Waals surface area contributed by atoms with Gasteiger partial charge >= 0.3 is 11.8 Å². The Bertz CT molecular complexity index is 892. The van der Waals surface area contributed by atoms with Crippen molar-refractivity contribution >= 4 is 142 Å². The summed E-state index contributed by atoms with van der Waals surface area (Å²) in [5.41, 5.74) is 5.04. The third-order valence-corrected chi connectivity index (χ3v) is 5.69. The summed E-state index contributed by atoms with van der Waals surface area (Å²) in [7, 11) is 10.5. The zero-order chi connectivity index (χ0) is 31.9. The van der Waals surface area contributed by atoms with Crippen LogP contribution in [0, 0.1) is 0 Å². The molecule has 4 fully saturated rings. The lowest BCUT2D eigenvalue weighted by Gasteiger charge is -2.50. The van der Waals surface area contributed by atoms with Crippen molar-refractivity contribution in [3.05, 3.63) is 0 Å². The number of nitrogens with two attached hydrogens (primary N) is 1. The molecule has 0 aromatic rings. The number of amides is 5.